The number of alkyl halides is 1. The van der Waals surface area contributed by atoms with Crippen molar-refractivity contribution in [2.24, 2.45) is 5.73 Å². The molecular weight excluding hydrogens is 404 g/mol. The summed E-state index contributed by atoms with van der Waals surface area (Å²) in [6.45, 7) is 2.19. The van der Waals surface area contributed by atoms with Crippen LogP contribution in [0.5, 0.6) is 0 Å². The molecule has 10 heteroatoms. The number of nitrogens with zero attached hydrogens (tertiary/aromatic N) is 3. The summed E-state index contributed by atoms with van der Waals surface area (Å²) < 4.78 is 27.9. The summed E-state index contributed by atoms with van der Waals surface area (Å²) in [5.74, 6) is -0.908. The van der Waals surface area contributed by atoms with Crippen molar-refractivity contribution in [2.75, 3.05) is 11.9 Å². The van der Waals surface area contributed by atoms with E-state index in [1.165, 1.54) is 41.0 Å². The number of halogens is 2. The molecule has 0 saturated heterocycles. The molecule has 1 aliphatic rings. The van der Waals surface area contributed by atoms with Crippen LogP contribution in [0.25, 0.3) is 9.88 Å². The number of hydrogen-bond acceptors (Lipinski definition) is 7. The Morgan fingerprint density at radius 2 is 2.18 bits per heavy atom. The van der Waals surface area contributed by atoms with Crippen LogP contribution in [-0.2, 0) is 5.41 Å². The first-order chi connectivity index (χ1) is 13.4. The predicted molar refractivity (Wildman–Crippen MR) is 105 cm³/mol. The van der Waals surface area contributed by atoms with Gasteiger partial charge in [-0.15, -0.1) is 21.5 Å². The monoisotopic (exact) mass is 421 g/mol. The van der Waals surface area contributed by atoms with Crippen molar-refractivity contribution in [3.05, 3.63) is 46.3 Å². The second-order valence-corrected chi connectivity index (χ2v) is 8.90. The van der Waals surface area contributed by atoms with Crippen LogP contribution in [-0.4, -0.2) is 33.8 Å². The largest absolute Gasteiger partial charge is 0.365 e. The lowest BCUT2D eigenvalue weighted by molar-refractivity contribution is 0.0964. The highest BCUT2D eigenvalue weighted by molar-refractivity contribution is 7.24. The molecule has 0 bridgehead atoms. The van der Waals surface area contributed by atoms with Crippen molar-refractivity contribution >= 4 is 33.7 Å². The normalized spacial score (nSPS) is 21.3. The Kier molecular flexibility index (Phi) is 4.84. The van der Waals surface area contributed by atoms with Crippen molar-refractivity contribution in [1.29, 1.82) is 0 Å². The molecule has 0 unspecified atom stereocenters. The fraction of sp³-hybridized carbons (Fsp3) is 0.333. The number of aryl methyl sites for hydroxylation is 1. The molecule has 0 atom stereocenters. The molecular formula is C18H17F2N5OS2. The molecule has 28 heavy (non-hydrogen) atoms. The number of aromatic nitrogens is 3. The molecule has 1 amide bonds. The van der Waals surface area contributed by atoms with Crippen molar-refractivity contribution in [1.82, 2.24) is 15.2 Å². The van der Waals surface area contributed by atoms with E-state index in [4.69, 9.17) is 5.73 Å². The fourth-order valence-electron chi connectivity index (χ4n) is 3.43. The zero-order valence-corrected chi connectivity index (χ0v) is 16.5. The van der Waals surface area contributed by atoms with E-state index < -0.39 is 23.3 Å². The first kappa shape index (κ1) is 18.9. The number of nitrogens with two attached hydrogens (primary N) is 1. The van der Waals surface area contributed by atoms with Gasteiger partial charge >= 0.3 is 0 Å². The van der Waals surface area contributed by atoms with Crippen LogP contribution in [0.4, 0.5) is 13.9 Å². The summed E-state index contributed by atoms with van der Waals surface area (Å²) in [6, 6.07) is 4.59. The molecule has 0 radical (unpaired) electrons. The minimum atomic E-state index is -0.964. The molecule has 4 rings (SSSR count). The number of carbonyl (C=O) groups excluding carboxylic acids is 1. The average molecular weight is 421 g/mol. The Morgan fingerprint density at radius 1 is 1.39 bits per heavy atom. The molecule has 0 aliphatic heterocycles. The topological polar surface area (TPSA) is 93.8 Å². The van der Waals surface area contributed by atoms with Gasteiger partial charge in [0.05, 0.1) is 15.4 Å². The molecule has 3 aromatic heterocycles. The maximum absolute atomic E-state index is 14.2. The van der Waals surface area contributed by atoms with Crippen LogP contribution in [0.15, 0.2) is 24.4 Å². The van der Waals surface area contributed by atoms with Gasteiger partial charge in [0.15, 0.2) is 5.01 Å². The number of thiophene rings is 1. The van der Waals surface area contributed by atoms with Gasteiger partial charge in [-0.3, -0.25) is 9.78 Å². The third-order valence-corrected chi connectivity index (χ3v) is 7.13. The Morgan fingerprint density at radius 3 is 2.82 bits per heavy atom. The van der Waals surface area contributed by atoms with Crippen LogP contribution < -0.4 is 11.1 Å². The Balaban J connectivity index is 1.53. The molecule has 3 heterocycles. The van der Waals surface area contributed by atoms with Crippen LogP contribution in [0.2, 0.25) is 0 Å². The van der Waals surface area contributed by atoms with Crippen molar-refractivity contribution in [3.8, 4) is 9.88 Å². The lowest BCUT2D eigenvalue weighted by Gasteiger charge is -2.43. The quantitative estimate of drug-likeness (QED) is 0.633. The Bertz CT molecular complexity index is 1030. The van der Waals surface area contributed by atoms with Crippen LogP contribution in [0.1, 0.15) is 33.8 Å². The zero-order chi connectivity index (χ0) is 19.9. The smallest absolute Gasteiger partial charge is 0.258 e. The van der Waals surface area contributed by atoms with E-state index in [0.717, 1.165) is 10.4 Å². The van der Waals surface area contributed by atoms with Crippen molar-refractivity contribution in [3.63, 3.8) is 0 Å². The van der Waals surface area contributed by atoms with Gasteiger partial charge in [0.1, 0.15) is 12.0 Å². The van der Waals surface area contributed by atoms with Crippen molar-refractivity contribution < 1.29 is 13.6 Å². The molecule has 1 fully saturated rings. The minimum Gasteiger partial charge on any atom is -0.365 e. The van der Waals surface area contributed by atoms with E-state index >= 15 is 0 Å². The van der Waals surface area contributed by atoms with E-state index in [0.29, 0.717) is 21.6 Å². The maximum Gasteiger partial charge on any atom is 0.258 e. The lowest BCUT2D eigenvalue weighted by atomic mass is 9.65. The number of anilines is 1. The molecule has 3 aromatic rings. The predicted octanol–water partition coefficient (Wildman–Crippen LogP) is 3.69. The Hall–Kier alpha value is -2.46. The number of nitrogens with one attached hydrogen (secondary N) is 1. The number of rotatable bonds is 6. The molecule has 0 spiro atoms. The number of amides is 1. The number of primary amides is 1. The van der Waals surface area contributed by atoms with Gasteiger partial charge in [-0.2, -0.15) is 0 Å². The first-order valence-electron chi connectivity index (χ1n) is 8.61. The summed E-state index contributed by atoms with van der Waals surface area (Å²) in [5.41, 5.74) is 5.81. The van der Waals surface area contributed by atoms with E-state index in [1.54, 1.807) is 6.07 Å². The summed E-state index contributed by atoms with van der Waals surface area (Å²) in [5, 5.41) is 12.7. The zero-order valence-electron chi connectivity index (χ0n) is 14.9. The van der Waals surface area contributed by atoms with Gasteiger partial charge in [-0.1, -0.05) is 11.3 Å². The third-order valence-electron chi connectivity index (χ3n) is 4.84. The molecule has 1 aliphatic carbocycles. The van der Waals surface area contributed by atoms with E-state index in [9.17, 15) is 13.6 Å². The van der Waals surface area contributed by atoms with Crippen molar-refractivity contribution in [2.45, 2.75) is 31.4 Å². The summed E-state index contributed by atoms with van der Waals surface area (Å²) in [7, 11) is 0. The highest BCUT2D eigenvalue weighted by Crippen LogP contribution is 2.46. The van der Waals surface area contributed by atoms with Crippen LogP contribution >= 0.6 is 22.7 Å². The number of carbonyl (C=O) groups is 1. The Labute approximate surface area is 167 Å². The fourth-order valence-corrected chi connectivity index (χ4v) is 5.33. The van der Waals surface area contributed by atoms with Gasteiger partial charge in [0.2, 0.25) is 5.13 Å². The standard InChI is InChI=1S/C18H17F2N5OS2/c1-9-5-12(15(21)26)27-13(9)16-24-25-17(28-16)23-8-18(6-10(19)7-18)14-11(20)3-2-4-22-14/h2-5,10H,6-8H2,1H3,(H2,21,26)(H,23,25). The highest BCUT2D eigenvalue weighted by atomic mass is 32.1. The van der Waals surface area contributed by atoms with Gasteiger partial charge in [0, 0.05) is 18.2 Å². The number of pyridine rings is 1. The lowest BCUT2D eigenvalue weighted by Crippen LogP contribution is -2.48. The summed E-state index contributed by atoms with van der Waals surface area (Å²) >= 11 is 2.59. The highest BCUT2D eigenvalue weighted by Gasteiger charge is 2.48. The van der Waals surface area contributed by atoms with Crippen LogP contribution in [0.3, 0.4) is 0 Å². The molecule has 3 N–H and O–H groups in total. The number of hydrogen-bond donors (Lipinski definition) is 2. The van der Waals surface area contributed by atoms with Gasteiger partial charge in [-0.25, -0.2) is 8.78 Å². The minimum absolute atomic E-state index is 0.214. The van der Waals surface area contributed by atoms with Gasteiger partial charge in [0.25, 0.3) is 5.91 Å². The summed E-state index contributed by atoms with van der Waals surface area (Å²) in [4.78, 5) is 16.8. The van der Waals surface area contributed by atoms with Gasteiger partial charge in [-0.05, 0) is 43.5 Å². The van der Waals surface area contributed by atoms with E-state index in [1.807, 2.05) is 6.92 Å². The SMILES string of the molecule is Cc1cc(C(N)=O)sc1-c1nnc(NCC2(c3ncccc3F)CC(F)C2)s1. The maximum atomic E-state index is 14.2. The molecule has 146 valence electrons. The van der Waals surface area contributed by atoms with Crippen LogP contribution in [0, 0.1) is 12.7 Å². The average Bonchev–Trinajstić information content (AvgIpc) is 3.24. The second kappa shape index (κ2) is 7.17. The second-order valence-electron chi connectivity index (χ2n) is 6.87. The summed E-state index contributed by atoms with van der Waals surface area (Å²) in [6.07, 6.45) is 0.983. The first-order valence-corrected chi connectivity index (χ1v) is 10.2. The third kappa shape index (κ3) is 3.37. The van der Waals surface area contributed by atoms with E-state index in [2.05, 4.69) is 20.5 Å². The molecule has 0 aromatic carbocycles. The van der Waals surface area contributed by atoms with E-state index in [-0.39, 0.29) is 18.5 Å². The van der Waals surface area contributed by atoms with Gasteiger partial charge < -0.3 is 11.1 Å². The molecule has 1 saturated carbocycles. The molecule has 6 nitrogen and oxygen atoms in total.